The van der Waals surface area contributed by atoms with Crippen LogP contribution >= 0.6 is 47.5 Å². The van der Waals surface area contributed by atoms with Gasteiger partial charge in [-0.15, -0.1) is 0 Å². The van der Waals surface area contributed by atoms with Crippen LogP contribution in [0.1, 0.15) is 31.9 Å². The van der Waals surface area contributed by atoms with Gasteiger partial charge in [0, 0.05) is 16.3 Å². The van der Waals surface area contributed by atoms with Crippen LogP contribution in [0.4, 0.5) is 0 Å². The van der Waals surface area contributed by atoms with E-state index in [0.29, 0.717) is 10.9 Å². The van der Waals surface area contributed by atoms with Crippen LogP contribution < -0.4 is 0 Å². The number of benzene rings is 2. The van der Waals surface area contributed by atoms with Crippen LogP contribution in [0, 0.1) is 0 Å². The van der Waals surface area contributed by atoms with Crippen molar-refractivity contribution in [2.45, 2.75) is 42.4 Å². The molecule has 0 atom stereocenters. The van der Waals surface area contributed by atoms with Crippen molar-refractivity contribution >= 4 is 57.7 Å². The Kier molecular flexibility index (Phi) is 5.67. The summed E-state index contributed by atoms with van der Waals surface area (Å²) in [6.45, 7) is 7.29. The molecule has 0 unspecified atom stereocenters. The van der Waals surface area contributed by atoms with Gasteiger partial charge in [0.25, 0.3) is 5.91 Å². The Hall–Kier alpha value is -1.21. The topological polar surface area (TPSA) is 20.3 Å². The fourth-order valence-corrected chi connectivity index (χ4v) is 7.08. The van der Waals surface area contributed by atoms with Crippen molar-refractivity contribution in [3.05, 3.63) is 68.8 Å². The van der Waals surface area contributed by atoms with E-state index in [4.69, 9.17) is 12.2 Å². The minimum atomic E-state index is 0.0461. The first-order valence-electron chi connectivity index (χ1n) is 9.15. The molecule has 2 aromatic carbocycles. The number of amides is 1. The number of carbonyl (C=O) groups is 1. The van der Waals surface area contributed by atoms with Crippen LogP contribution in [0.2, 0.25) is 0 Å². The zero-order chi connectivity index (χ0) is 19.9. The summed E-state index contributed by atoms with van der Waals surface area (Å²) >= 11 is 10.3. The molecule has 1 saturated heterocycles. The predicted molar refractivity (Wildman–Crippen MR) is 126 cm³/mol. The van der Waals surface area contributed by atoms with E-state index in [-0.39, 0.29) is 11.3 Å². The molecular weight excluding hydrogens is 423 g/mol. The first kappa shape index (κ1) is 20.1. The standard InChI is InChI=1S/C22H21NOS4/c1-22(2,3)15-9-10-16-17(13-15)27-20(26-16)18-19(24)23(21(25)28-18)12-11-14-7-5-4-6-8-14/h4-10,13H,11-12H2,1-3H3/b20-18+. The average molecular weight is 444 g/mol. The Morgan fingerprint density at radius 1 is 0.964 bits per heavy atom. The monoisotopic (exact) mass is 443 g/mol. The molecule has 2 aliphatic rings. The van der Waals surface area contributed by atoms with E-state index < -0.39 is 0 Å². The van der Waals surface area contributed by atoms with Gasteiger partial charge >= 0.3 is 0 Å². The number of thiocarbonyl (C=S) groups is 1. The lowest BCUT2D eigenvalue weighted by Crippen LogP contribution is -2.30. The highest BCUT2D eigenvalue weighted by atomic mass is 32.2. The van der Waals surface area contributed by atoms with Crippen molar-refractivity contribution in [3.8, 4) is 0 Å². The van der Waals surface area contributed by atoms with Gasteiger partial charge in [0.15, 0.2) is 0 Å². The minimum Gasteiger partial charge on any atom is -0.293 e. The molecule has 6 heteroatoms. The first-order valence-corrected chi connectivity index (χ1v) is 12.0. The van der Waals surface area contributed by atoms with Gasteiger partial charge in [0.2, 0.25) is 0 Å². The van der Waals surface area contributed by atoms with Crippen LogP contribution in [0.5, 0.6) is 0 Å². The maximum Gasteiger partial charge on any atom is 0.267 e. The molecule has 1 fully saturated rings. The number of hydrogen-bond donors (Lipinski definition) is 0. The van der Waals surface area contributed by atoms with Gasteiger partial charge in [0.05, 0.1) is 4.24 Å². The summed E-state index contributed by atoms with van der Waals surface area (Å²) in [6, 6.07) is 16.9. The highest BCUT2D eigenvalue weighted by Crippen LogP contribution is 2.55. The number of fused-ring (bicyclic) bond motifs is 1. The van der Waals surface area contributed by atoms with Gasteiger partial charge in [-0.25, -0.2) is 0 Å². The van der Waals surface area contributed by atoms with Crippen LogP contribution in [0.3, 0.4) is 0 Å². The average Bonchev–Trinajstić information content (AvgIpc) is 3.20. The summed E-state index contributed by atoms with van der Waals surface area (Å²) in [5, 5.41) is 0. The molecule has 4 rings (SSSR count). The molecule has 2 nitrogen and oxygen atoms in total. The smallest absolute Gasteiger partial charge is 0.267 e. The van der Waals surface area contributed by atoms with Crippen LogP contribution in [-0.2, 0) is 16.6 Å². The van der Waals surface area contributed by atoms with E-state index in [1.165, 1.54) is 32.7 Å². The van der Waals surface area contributed by atoms with E-state index in [1.54, 1.807) is 28.4 Å². The highest BCUT2D eigenvalue weighted by Gasteiger charge is 2.36. The molecule has 2 aliphatic heterocycles. The molecule has 28 heavy (non-hydrogen) atoms. The third-order valence-corrected chi connectivity index (χ3v) is 8.97. The molecule has 2 aromatic rings. The number of nitrogens with zero attached hydrogens (tertiary/aromatic N) is 1. The Labute approximate surface area is 184 Å². The summed E-state index contributed by atoms with van der Waals surface area (Å²) in [5.41, 5.74) is 2.65. The van der Waals surface area contributed by atoms with Gasteiger partial charge < -0.3 is 0 Å². The zero-order valence-electron chi connectivity index (χ0n) is 16.0. The quantitative estimate of drug-likeness (QED) is 0.400. The number of carbonyl (C=O) groups excluding carboxylic acids is 1. The second-order valence-electron chi connectivity index (χ2n) is 7.79. The molecule has 0 aromatic heterocycles. The first-order chi connectivity index (χ1) is 13.3. The van der Waals surface area contributed by atoms with Crippen LogP contribution in [0.15, 0.2) is 67.5 Å². The van der Waals surface area contributed by atoms with Gasteiger partial charge in [-0.3, -0.25) is 9.69 Å². The van der Waals surface area contributed by atoms with Gasteiger partial charge in [-0.2, -0.15) is 0 Å². The number of hydrogen-bond acceptors (Lipinski definition) is 5. The van der Waals surface area contributed by atoms with Crippen molar-refractivity contribution in [2.24, 2.45) is 0 Å². The molecule has 0 bridgehead atoms. The molecule has 2 heterocycles. The normalized spacial score (nSPS) is 19.5. The predicted octanol–water partition coefficient (Wildman–Crippen LogP) is 6.45. The van der Waals surface area contributed by atoms with Crippen molar-refractivity contribution in [3.63, 3.8) is 0 Å². The van der Waals surface area contributed by atoms with Crippen molar-refractivity contribution in [2.75, 3.05) is 6.54 Å². The van der Waals surface area contributed by atoms with E-state index >= 15 is 0 Å². The van der Waals surface area contributed by atoms with Gasteiger partial charge in [-0.1, -0.05) is 105 Å². The molecule has 0 aliphatic carbocycles. The fraction of sp³-hybridized carbons (Fsp3) is 0.273. The largest absolute Gasteiger partial charge is 0.293 e. The minimum absolute atomic E-state index is 0.0461. The van der Waals surface area contributed by atoms with Crippen LogP contribution in [0.25, 0.3) is 0 Å². The van der Waals surface area contributed by atoms with E-state index in [9.17, 15) is 4.79 Å². The summed E-state index contributed by atoms with van der Waals surface area (Å²) in [7, 11) is 0. The number of thioether (sulfide) groups is 3. The zero-order valence-corrected chi connectivity index (χ0v) is 19.3. The number of rotatable bonds is 3. The molecule has 0 N–H and O–H groups in total. The molecular formula is C22H21NOS4. The van der Waals surface area contributed by atoms with Crippen molar-refractivity contribution in [1.82, 2.24) is 4.90 Å². The van der Waals surface area contributed by atoms with Gasteiger partial charge in [0.1, 0.15) is 9.23 Å². The van der Waals surface area contributed by atoms with Gasteiger partial charge in [-0.05, 0) is 35.1 Å². The third-order valence-electron chi connectivity index (χ3n) is 4.72. The summed E-state index contributed by atoms with van der Waals surface area (Å²) in [6.07, 6.45) is 0.811. The van der Waals surface area contributed by atoms with Crippen LogP contribution in [-0.4, -0.2) is 21.7 Å². The maximum atomic E-state index is 13.0. The fourth-order valence-electron chi connectivity index (χ4n) is 3.05. The molecule has 1 amide bonds. The van der Waals surface area contributed by atoms with E-state index in [2.05, 4.69) is 51.1 Å². The second kappa shape index (κ2) is 7.90. The molecule has 144 valence electrons. The lowest BCUT2D eigenvalue weighted by atomic mass is 9.87. The third kappa shape index (κ3) is 4.06. The molecule has 0 spiro atoms. The lowest BCUT2D eigenvalue weighted by molar-refractivity contribution is -0.122. The SMILES string of the molecule is CC(C)(C)c1ccc2c(c1)S/C(=C1/SC(=S)N(CCc3ccccc3)C1=O)S2. The second-order valence-corrected chi connectivity index (χ2v) is 11.8. The highest BCUT2D eigenvalue weighted by molar-refractivity contribution is 8.30. The molecule has 0 saturated carbocycles. The van der Waals surface area contributed by atoms with Crippen molar-refractivity contribution < 1.29 is 4.79 Å². The van der Waals surface area contributed by atoms with E-state index in [1.807, 2.05) is 18.2 Å². The van der Waals surface area contributed by atoms with E-state index in [0.717, 1.165) is 15.6 Å². The maximum absolute atomic E-state index is 13.0. The van der Waals surface area contributed by atoms with Crippen molar-refractivity contribution in [1.29, 1.82) is 0 Å². The Balaban J connectivity index is 1.52. The Morgan fingerprint density at radius 2 is 1.68 bits per heavy atom. The molecule has 0 radical (unpaired) electrons. The Bertz CT molecular complexity index is 976. The summed E-state index contributed by atoms with van der Waals surface area (Å²) < 4.78 is 1.72. The Morgan fingerprint density at radius 3 is 2.39 bits per heavy atom. The lowest BCUT2D eigenvalue weighted by Gasteiger charge is -2.19. The summed E-state index contributed by atoms with van der Waals surface area (Å²) in [5.74, 6) is 0.0461. The summed E-state index contributed by atoms with van der Waals surface area (Å²) in [4.78, 5) is 18.0.